The number of rotatable bonds is 3. The average molecular weight is 320 g/mol. The Hall–Kier alpha value is -2.69. The number of hydrogen-bond acceptors (Lipinski definition) is 3. The van der Waals surface area contributed by atoms with Crippen molar-refractivity contribution < 1.29 is 0 Å². The van der Waals surface area contributed by atoms with E-state index in [2.05, 4.69) is 16.1 Å². The summed E-state index contributed by atoms with van der Waals surface area (Å²) < 4.78 is 3.64. The van der Waals surface area contributed by atoms with E-state index in [4.69, 9.17) is 0 Å². The Balaban J connectivity index is 1.60. The fourth-order valence-corrected chi connectivity index (χ4v) is 3.41. The molecular formula is C19H20N4O. The highest BCUT2D eigenvalue weighted by molar-refractivity contribution is 5.36. The first-order valence-corrected chi connectivity index (χ1v) is 8.31. The molecule has 3 aromatic rings. The summed E-state index contributed by atoms with van der Waals surface area (Å²) in [4.78, 5) is 17.0. The topological polar surface area (TPSA) is 52.7 Å². The highest BCUT2D eigenvalue weighted by Crippen LogP contribution is 2.16. The molecule has 0 fully saturated rings. The van der Waals surface area contributed by atoms with Gasteiger partial charge in [0.15, 0.2) is 0 Å². The summed E-state index contributed by atoms with van der Waals surface area (Å²) in [5.74, 6) is 0. The number of fused-ring (bicyclic) bond motifs is 1. The van der Waals surface area contributed by atoms with Crippen LogP contribution in [0.25, 0.3) is 5.69 Å². The van der Waals surface area contributed by atoms with Crippen molar-refractivity contribution in [3.05, 3.63) is 75.2 Å². The van der Waals surface area contributed by atoms with Crippen LogP contribution in [0.15, 0.2) is 41.5 Å². The van der Waals surface area contributed by atoms with Gasteiger partial charge in [-0.25, -0.2) is 9.67 Å². The molecule has 0 amide bonds. The summed E-state index contributed by atoms with van der Waals surface area (Å²) in [6.45, 7) is 4.59. The molecule has 0 N–H and O–H groups in total. The number of benzene rings is 1. The van der Waals surface area contributed by atoms with E-state index in [-0.39, 0.29) is 5.56 Å². The van der Waals surface area contributed by atoms with Gasteiger partial charge in [-0.3, -0.25) is 9.36 Å². The van der Waals surface area contributed by atoms with Crippen LogP contribution in [0, 0.1) is 13.8 Å². The molecule has 0 saturated carbocycles. The molecular weight excluding hydrogens is 300 g/mol. The molecule has 5 heteroatoms. The maximum Gasteiger partial charge on any atom is 0.257 e. The van der Waals surface area contributed by atoms with Gasteiger partial charge in [-0.1, -0.05) is 12.1 Å². The second-order valence-corrected chi connectivity index (χ2v) is 6.46. The molecule has 0 aliphatic heterocycles. The zero-order valence-electron chi connectivity index (χ0n) is 14.0. The van der Waals surface area contributed by atoms with E-state index in [0.29, 0.717) is 6.54 Å². The normalized spacial score (nSPS) is 13.2. The van der Waals surface area contributed by atoms with Gasteiger partial charge >= 0.3 is 0 Å². The Labute approximate surface area is 140 Å². The van der Waals surface area contributed by atoms with Crippen LogP contribution in [0.1, 0.15) is 34.6 Å². The summed E-state index contributed by atoms with van der Waals surface area (Å²) in [6, 6.07) is 10.2. The minimum absolute atomic E-state index is 0.111. The lowest BCUT2D eigenvalue weighted by Gasteiger charge is -2.09. The van der Waals surface area contributed by atoms with Crippen molar-refractivity contribution in [1.82, 2.24) is 19.3 Å². The molecule has 0 radical (unpaired) electrons. The minimum Gasteiger partial charge on any atom is -0.295 e. The number of nitrogens with zero attached hydrogens (tertiary/aromatic N) is 4. The molecule has 1 aromatic carbocycles. The lowest BCUT2D eigenvalue weighted by molar-refractivity contribution is 0.720. The summed E-state index contributed by atoms with van der Waals surface area (Å²) >= 11 is 0. The Kier molecular flexibility index (Phi) is 3.56. The average Bonchev–Trinajstić information content (AvgIpc) is 3.17. The summed E-state index contributed by atoms with van der Waals surface area (Å²) in [6.07, 6.45) is 4.52. The van der Waals surface area contributed by atoms with Crippen molar-refractivity contribution in [2.45, 2.75) is 39.7 Å². The maximum atomic E-state index is 12.5. The van der Waals surface area contributed by atoms with Crippen LogP contribution in [-0.4, -0.2) is 19.3 Å². The van der Waals surface area contributed by atoms with Crippen LogP contribution in [0.3, 0.4) is 0 Å². The van der Waals surface area contributed by atoms with Crippen LogP contribution in [-0.2, 0) is 19.4 Å². The number of aromatic nitrogens is 4. The van der Waals surface area contributed by atoms with E-state index in [9.17, 15) is 4.79 Å². The molecule has 1 aliphatic carbocycles. The fourth-order valence-electron chi connectivity index (χ4n) is 3.41. The lowest BCUT2D eigenvalue weighted by Crippen LogP contribution is -2.24. The van der Waals surface area contributed by atoms with E-state index < -0.39 is 0 Å². The molecule has 1 aliphatic rings. The predicted octanol–water partition coefficient (Wildman–Crippen LogP) is 2.58. The molecule has 0 atom stereocenters. The van der Waals surface area contributed by atoms with Gasteiger partial charge in [-0.2, -0.15) is 5.10 Å². The molecule has 2 aromatic heterocycles. The molecule has 0 spiro atoms. The van der Waals surface area contributed by atoms with Gasteiger partial charge in [-0.15, -0.1) is 0 Å². The molecule has 0 saturated heterocycles. The van der Waals surface area contributed by atoms with Gasteiger partial charge in [0.2, 0.25) is 0 Å². The number of aryl methyl sites for hydroxylation is 3. The largest absolute Gasteiger partial charge is 0.295 e. The van der Waals surface area contributed by atoms with Gasteiger partial charge in [-0.05, 0) is 56.9 Å². The van der Waals surface area contributed by atoms with Crippen LogP contribution < -0.4 is 5.56 Å². The molecule has 122 valence electrons. The first kappa shape index (κ1) is 14.9. The minimum atomic E-state index is 0.111. The fraction of sp³-hybridized carbons (Fsp3) is 0.316. The standard InChI is InChI=1S/C19H20N4O/c1-13-10-14(2)23(21-13)16-8-6-15(7-9-16)11-22-12-20-18-5-3-4-17(18)19(22)24/h6-10,12H,3-5,11H2,1-2H3. The quantitative estimate of drug-likeness (QED) is 0.745. The van der Waals surface area contributed by atoms with Crippen LogP contribution in [0.2, 0.25) is 0 Å². The second-order valence-electron chi connectivity index (χ2n) is 6.46. The van der Waals surface area contributed by atoms with E-state index in [1.54, 1.807) is 10.9 Å². The van der Waals surface area contributed by atoms with Crippen molar-refractivity contribution in [3.63, 3.8) is 0 Å². The highest BCUT2D eigenvalue weighted by atomic mass is 16.1. The summed E-state index contributed by atoms with van der Waals surface area (Å²) in [7, 11) is 0. The second kappa shape index (κ2) is 5.74. The van der Waals surface area contributed by atoms with Crippen molar-refractivity contribution in [3.8, 4) is 5.69 Å². The van der Waals surface area contributed by atoms with E-state index in [1.807, 2.05) is 42.8 Å². The van der Waals surface area contributed by atoms with Crippen LogP contribution in [0.4, 0.5) is 0 Å². The SMILES string of the molecule is Cc1cc(C)n(-c2ccc(Cn3cnc4c(c3=O)CCC4)cc2)n1. The Morgan fingerprint density at radius 3 is 2.62 bits per heavy atom. The van der Waals surface area contributed by atoms with Gasteiger partial charge in [0, 0.05) is 11.3 Å². The third-order valence-corrected chi connectivity index (χ3v) is 4.60. The van der Waals surface area contributed by atoms with Crippen molar-refractivity contribution in [2.75, 3.05) is 0 Å². The smallest absolute Gasteiger partial charge is 0.257 e. The predicted molar refractivity (Wildman–Crippen MR) is 92.7 cm³/mol. The van der Waals surface area contributed by atoms with Crippen molar-refractivity contribution in [2.24, 2.45) is 0 Å². The zero-order valence-corrected chi connectivity index (χ0v) is 14.0. The highest BCUT2D eigenvalue weighted by Gasteiger charge is 2.17. The monoisotopic (exact) mass is 320 g/mol. The first-order valence-electron chi connectivity index (χ1n) is 8.31. The van der Waals surface area contributed by atoms with Crippen LogP contribution in [0.5, 0.6) is 0 Å². The first-order chi connectivity index (χ1) is 11.6. The van der Waals surface area contributed by atoms with Gasteiger partial charge in [0.1, 0.15) is 0 Å². The Morgan fingerprint density at radius 2 is 1.92 bits per heavy atom. The molecule has 5 nitrogen and oxygen atoms in total. The van der Waals surface area contributed by atoms with E-state index >= 15 is 0 Å². The van der Waals surface area contributed by atoms with Gasteiger partial charge < -0.3 is 0 Å². The van der Waals surface area contributed by atoms with E-state index in [0.717, 1.165) is 53.2 Å². The van der Waals surface area contributed by atoms with E-state index in [1.165, 1.54) is 0 Å². The van der Waals surface area contributed by atoms with Crippen LogP contribution >= 0.6 is 0 Å². The molecule has 24 heavy (non-hydrogen) atoms. The molecule has 4 rings (SSSR count). The lowest BCUT2D eigenvalue weighted by atomic mass is 10.2. The zero-order chi connectivity index (χ0) is 16.7. The van der Waals surface area contributed by atoms with Crippen molar-refractivity contribution >= 4 is 0 Å². The maximum absolute atomic E-state index is 12.5. The molecule has 0 unspecified atom stereocenters. The third kappa shape index (κ3) is 2.56. The van der Waals surface area contributed by atoms with Crippen molar-refractivity contribution in [1.29, 1.82) is 0 Å². The van der Waals surface area contributed by atoms with Gasteiger partial charge in [0.05, 0.1) is 29.9 Å². The summed E-state index contributed by atoms with van der Waals surface area (Å²) in [5, 5.41) is 4.50. The third-order valence-electron chi connectivity index (χ3n) is 4.60. The molecule has 2 heterocycles. The molecule has 0 bridgehead atoms. The number of hydrogen-bond donors (Lipinski definition) is 0. The Bertz CT molecular complexity index is 950. The summed E-state index contributed by atoms with van der Waals surface area (Å²) in [5.41, 5.74) is 6.23. The Morgan fingerprint density at radius 1 is 1.12 bits per heavy atom. The van der Waals surface area contributed by atoms with Gasteiger partial charge in [0.25, 0.3) is 5.56 Å².